The van der Waals surface area contributed by atoms with Gasteiger partial charge in [0.15, 0.2) is 4.90 Å². The van der Waals surface area contributed by atoms with E-state index < -0.39 is 11.2 Å². The van der Waals surface area contributed by atoms with Crippen LogP contribution in [0.25, 0.3) is 22.2 Å². The molecule has 0 N–H and O–H groups in total. The van der Waals surface area contributed by atoms with E-state index in [0.717, 1.165) is 5.56 Å². The van der Waals surface area contributed by atoms with E-state index in [4.69, 9.17) is 0 Å². The molecule has 1 heterocycles. The van der Waals surface area contributed by atoms with Gasteiger partial charge >= 0.3 is 0 Å². The van der Waals surface area contributed by atoms with Crippen LogP contribution in [0.4, 0.5) is 4.39 Å². The molecule has 0 amide bonds. The fourth-order valence-corrected chi connectivity index (χ4v) is 3.19. The van der Waals surface area contributed by atoms with E-state index in [-0.39, 0.29) is 5.82 Å². The number of para-hydroxylation sites is 1. The zero-order valence-corrected chi connectivity index (χ0v) is 12.6. The van der Waals surface area contributed by atoms with E-state index >= 15 is 0 Å². The van der Waals surface area contributed by atoms with Gasteiger partial charge in [-0.15, -0.1) is 0 Å². The van der Waals surface area contributed by atoms with Gasteiger partial charge in [0.1, 0.15) is 12.1 Å². The van der Waals surface area contributed by atoms with Gasteiger partial charge in [-0.1, -0.05) is 24.3 Å². The predicted molar refractivity (Wildman–Crippen MR) is 84.2 cm³/mol. The second kappa shape index (κ2) is 5.47. The van der Waals surface area contributed by atoms with Crippen molar-refractivity contribution in [3.05, 3.63) is 59.9 Å². The Morgan fingerprint density at radius 3 is 2.48 bits per heavy atom. The smallest absolute Gasteiger partial charge is 0.161 e. The molecule has 106 valence electrons. The number of pyridine rings is 1. The minimum atomic E-state index is -1.15. The van der Waals surface area contributed by atoms with Gasteiger partial charge in [0, 0.05) is 10.9 Å². The molecule has 3 rings (SSSR count). The van der Waals surface area contributed by atoms with E-state index in [9.17, 15) is 8.94 Å². The number of benzene rings is 2. The van der Waals surface area contributed by atoms with Crippen LogP contribution in [0.3, 0.4) is 0 Å². The van der Waals surface area contributed by atoms with Crippen molar-refractivity contribution in [2.75, 3.05) is 6.26 Å². The maximum absolute atomic E-state index is 14.6. The standard InChI is InChI=1S/C17H14FNOS/c1-11-16(18)12-7-3-5-9-14(12)19-17(11)13-8-4-6-10-15(13)21(2)20/h3-10H,1-2H3. The Balaban J connectivity index is 2.34. The van der Waals surface area contributed by atoms with Crippen LogP contribution in [0.1, 0.15) is 5.56 Å². The van der Waals surface area contributed by atoms with Crippen molar-refractivity contribution >= 4 is 22.1 Å². The summed E-state index contributed by atoms with van der Waals surface area (Å²) in [5, 5.41) is 0.508. The zero-order valence-electron chi connectivity index (χ0n) is 11.8. The molecular weight excluding hydrogens is 285 g/mol. The summed E-state index contributed by atoms with van der Waals surface area (Å²) in [7, 11) is 0. The quantitative estimate of drug-likeness (QED) is 0.668. The first-order valence-electron chi connectivity index (χ1n) is 6.57. The molecule has 4 heteroatoms. The van der Waals surface area contributed by atoms with Crippen molar-refractivity contribution in [3.63, 3.8) is 0 Å². The lowest BCUT2D eigenvalue weighted by molar-refractivity contribution is 0.601. The van der Waals surface area contributed by atoms with E-state index in [1.807, 2.05) is 24.3 Å². The first kappa shape index (κ1) is 14.0. The predicted octanol–water partition coefficient (Wildman–Crippen LogP) is 4.09. The van der Waals surface area contributed by atoms with Crippen molar-refractivity contribution in [3.8, 4) is 11.3 Å². The molecule has 3 aromatic rings. The normalized spacial score (nSPS) is 12.6. The number of aromatic nitrogens is 1. The summed E-state index contributed by atoms with van der Waals surface area (Å²) in [4.78, 5) is 5.24. The number of halogens is 1. The van der Waals surface area contributed by atoms with Crippen molar-refractivity contribution in [2.45, 2.75) is 11.8 Å². The molecule has 0 bridgehead atoms. The Hall–Kier alpha value is -1.91. The maximum Gasteiger partial charge on any atom is 0.161 e. The van der Waals surface area contributed by atoms with Gasteiger partial charge in [-0.2, -0.15) is 0 Å². The van der Waals surface area contributed by atoms with Crippen molar-refractivity contribution < 1.29 is 8.94 Å². The van der Waals surface area contributed by atoms with E-state index in [1.165, 1.54) is 0 Å². The maximum atomic E-state index is 14.6. The summed E-state index contributed by atoms with van der Waals surface area (Å²) in [5.41, 5.74) is 2.36. The van der Waals surface area contributed by atoms with Crippen molar-refractivity contribution in [1.82, 2.24) is 4.98 Å². The lowest BCUT2D eigenvalue weighted by atomic mass is 10.0. The van der Waals surface area contributed by atoms with Gasteiger partial charge < -0.3 is 4.55 Å². The molecule has 21 heavy (non-hydrogen) atoms. The largest absolute Gasteiger partial charge is 0.612 e. The van der Waals surface area contributed by atoms with Gasteiger partial charge in [-0.05, 0) is 42.4 Å². The number of nitrogens with zero attached hydrogens (tertiary/aromatic N) is 1. The number of rotatable bonds is 2. The average Bonchev–Trinajstić information content (AvgIpc) is 2.51. The molecule has 0 aliphatic rings. The Morgan fingerprint density at radius 1 is 1.05 bits per heavy atom. The molecule has 0 spiro atoms. The summed E-state index contributed by atoms with van der Waals surface area (Å²) in [6.45, 7) is 1.71. The number of fused-ring (bicyclic) bond motifs is 1. The lowest BCUT2D eigenvalue weighted by Crippen LogP contribution is -2.03. The molecule has 1 atom stereocenters. The SMILES string of the molecule is Cc1c(-c2ccccc2[S+](C)[O-])nc2ccccc2c1F. The Morgan fingerprint density at radius 2 is 1.71 bits per heavy atom. The van der Waals surface area contributed by atoms with E-state index in [1.54, 1.807) is 37.4 Å². The Bertz CT molecular complexity index is 817. The van der Waals surface area contributed by atoms with Crippen LogP contribution in [-0.4, -0.2) is 15.8 Å². The third kappa shape index (κ3) is 2.41. The number of hydrogen-bond donors (Lipinski definition) is 0. The van der Waals surface area contributed by atoms with Crippen LogP contribution in [0, 0.1) is 12.7 Å². The molecule has 2 nitrogen and oxygen atoms in total. The van der Waals surface area contributed by atoms with Gasteiger partial charge in [-0.25, -0.2) is 9.37 Å². The van der Waals surface area contributed by atoms with E-state index in [2.05, 4.69) is 4.98 Å². The highest BCUT2D eigenvalue weighted by Crippen LogP contribution is 2.32. The second-order valence-electron chi connectivity index (χ2n) is 4.87. The van der Waals surface area contributed by atoms with Crippen molar-refractivity contribution in [1.29, 1.82) is 0 Å². The van der Waals surface area contributed by atoms with Gasteiger partial charge in [-0.3, -0.25) is 0 Å². The molecule has 0 radical (unpaired) electrons. The highest BCUT2D eigenvalue weighted by Gasteiger charge is 2.19. The molecule has 1 aromatic heterocycles. The van der Waals surface area contributed by atoms with Gasteiger partial charge in [0.25, 0.3) is 0 Å². The molecule has 0 saturated heterocycles. The summed E-state index contributed by atoms with van der Waals surface area (Å²) in [6.07, 6.45) is 1.62. The Kier molecular flexibility index (Phi) is 3.66. The van der Waals surface area contributed by atoms with Crippen LogP contribution < -0.4 is 0 Å². The molecule has 0 aliphatic carbocycles. The molecule has 0 fully saturated rings. The first-order valence-corrected chi connectivity index (χ1v) is 8.13. The van der Waals surface area contributed by atoms with Crippen molar-refractivity contribution in [2.24, 2.45) is 0 Å². The lowest BCUT2D eigenvalue weighted by Gasteiger charge is -2.13. The fourth-order valence-electron chi connectivity index (χ4n) is 2.44. The highest BCUT2D eigenvalue weighted by molar-refractivity contribution is 7.90. The molecular formula is C17H14FNOS. The summed E-state index contributed by atoms with van der Waals surface area (Å²) < 4.78 is 26.5. The van der Waals surface area contributed by atoms with E-state index in [0.29, 0.717) is 27.1 Å². The topological polar surface area (TPSA) is 36.0 Å². The summed E-state index contributed by atoms with van der Waals surface area (Å²) in [5.74, 6) is -0.271. The Labute approximate surface area is 125 Å². The minimum absolute atomic E-state index is 0.271. The van der Waals surface area contributed by atoms with Crippen LogP contribution in [0.2, 0.25) is 0 Å². The molecule has 1 unspecified atom stereocenters. The zero-order chi connectivity index (χ0) is 15.0. The molecule has 0 aliphatic heterocycles. The fraction of sp³-hybridized carbons (Fsp3) is 0.118. The second-order valence-corrected chi connectivity index (χ2v) is 6.21. The minimum Gasteiger partial charge on any atom is -0.612 e. The molecule has 0 saturated carbocycles. The summed E-state index contributed by atoms with van der Waals surface area (Å²) >= 11 is -1.15. The third-order valence-corrected chi connectivity index (χ3v) is 4.48. The first-order chi connectivity index (χ1) is 10.1. The number of hydrogen-bond acceptors (Lipinski definition) is 2. The monoisotopic (exact) mass is 299 g/mol. The average molecular weight is 299 g/mol. The summed E-state index contributed by atoms with van der Waals surface area (Å²) in [6, 6.07) is 14.4. The van der Waals surface area contributed by atoms with Crippen LogP contribution in [0.15, 0.2) is 53.4 Å². The highest BCUT2D eigenvalue weighted by atomic mass is 32.2. The van der Waals surface area contributed by atoms with Gasteiger partial charge in [0.2, 0.25) is 0 Å². The third-order valence-electron chi connectivity index (χ3n) is 3.51. The van der Waals surface area contributed by atoms with Crippen LogP contribution >= 0.6 is 0 Å². The molecule has 2 aromatic carbocycles. The van der Waals surface area contributed by atoms with Gasteiger partial charge in [0.05, 0.1) is 16.8 Å². The van der Waals surface area contributed by atoms with Crippen LogP contribution in [-0.2, 0) is 11.2 Å². The van der Waals surface area contributed by atoms with Crippen LogP contribution in [0.5, 0.6) is 0 Å².